The Bertz CT molecular complexity index is 3710. The maximum absolute atomic E-state index is 14.3. The Morgan fingerprint density at radius 3 is 1.24 bits per heavy atom. The molecule has 512 valence electrons. The molecule has 96 heavy (non-hydrogen) atoms. The second-order valence-electron chi connectivity index (χ2n) is 21.8. The van der Waals surface area contributed by atoms with Crippen LogP contribution in [-0.2, 0) is 94.3 Å². The predicted octanol–water partition coefficient (Wildman–Crippen LogP) is 5.53. The van der Waals surface area contributed by atoms with E-state index in [1.165, 1.54) is 59.8 Å². The molecule has 6 N–H and O–H groups in total. The van der Waals surface area contributed by atoms with E-state index in [1.54, 1.807) is 88.4 Å². The lowest BCUT2D eigenvalue weighted by Crippen LogP contribution is -2.48. The molecule has 6 aromatic rings. The number of esters is 6. The number of anilines is 2. The minimum Gasteiger partial charge on any atom is -0.456 e. The molecule has 0 bridgehead atoms. The van der Waals surface area contributed by atoms with Crippen molar-refractivity contribution in [2.45, 2.75) is 140 Å². The normalized spacial score (nSPS) is 24.1. The number of hydrogen-bond acceptors (Lipinski definition) is 28. The first-order valence-corrected chi connectivity index (χ1v) is 33.3. The lowest BCUT2D eigenvalue weighted by Gasteiger charge is -2.29. The third-order valence-corrected chi connectivity index (χ3v) is 18.2. The number of carbonyl (C=O) groups excluding carboxylic acids is 6. The quantitative estimate of drug-likeness (QED) is 0.0203. The lowest BCUT2D eigenvalue weighted by molar-refractivity contribution is -0.174. The Kier molecular flexibility index (Phi) is 23.1. The molecule has 4 aliphatic rings. The number of nitrogens with one attached hydrogen (secondary N) is 2. The first kappa shape index (κ1) is 71.1. The SMILES string of the molecule is [C-]#[N+][C@]1(CO[P@@](=O)(N[C@@H](C)C(=O)OC2COC2)Oc2ccccc2)O[C@@H](c2ccc3c(N)ncnn23)[C@H](OC(=O)CC)[C@@H]1OC(=O)CC.[C-]#[N+][C@]1(CO[P@](=O)(N[C@@H](C)C(=O)OC2COC2)Oc2ccccc2)O[C@@H](c2ccc3c(N)ncnn23)[C@H](OC(=O)CC)[C@@H]1OC(=O)CC. The Hall–Kier alpha value is -9.18. The molecule has 0 aliphatic carbocycles. The van der Waals surface area contributed by atoms with Gasteiger partial charge in [-0.25, -0.2) is 41.3 Å². The van der Waals surface area contributed by atoms with Crippen molar-refractivity contribution >= 4 is 74.0 Å². The van der Waals surface area contributed by atoms with E-state index in [1.807, 2.05) is 0 Å². The molecule has 34 nitrogen and oxygen atoms in total. The van der Waals surface area contributed by atoms with Gasteiger partial charge in [0.2, 0.25) is 12.2 Å². The van der Waals surface area contributed by atoms with Gasteiger partial charge < -0.3 is 58.4 Å². The topological polar surface area (TPSA) is 411 Å². The van der Waals surface area contributed by atoms with Crippen LogP contribution >= 0.6 is 15.5 Å². The van der Waals surface area contributed by atoms with Crippen LogP contribution < -0.4 is 30.7 Å². The number of nitrogens with zero attached hydrogens (tertiary/aromatic N) is 8. The number of ether oxygens (including phenoxy) is 10. The van der Waals surface area contributed by atoms with Crippen molar-refractivity contribution in [3.8, 4) is 11.5 Å². The molecule has 0 saturated carbocycles. The fraction of sp³-hybridized carbons (Fsp3) is 0.467. The standard InChI is InChI=1S/2C30H35N6O11P/c2*1-5-23(37)44-26-25(21-12-13-22-28(31)33-17-34-36(21)22)46-30(32-4,27(26)45-24(38)6-2)16-42-48(40,47-19-10-8-7-9-11-19)35-18(3)29(39)43-20-14-41-15-20/h2*7-13,17-18,20,25-27H,5-6,14-16H2,1-3H3,(H,35,40)(H2,31,33,34)/t18-,25-,26-,27-,30+,48+;18-,25-,26-,27-,30+,48-/m00/s1. The fourth-order valence-corrected chi connectivity index (χ4v) is 12.8. The van der Waals surface area contributed by atoms with Crippen LogP contribution in [-0.4, -0.2) is 165 Å². The third-order valence-electron chi connectivity index (χ3n) is 14.9. The molecule has 4 saturated heterocycles. The van der Waals surface area contributed by atoms with Crippen molar-refractivity contribution in [2.75, 3.05) is 51.1 Å². The third kappa shape index (κ3) is 16.4. The molecule has 0 unspecified atom stereocenters. The molecule has 0 spiro atoms. The first-order valence-electron chi connectivity index (χ1n) is 30.2. The zero-order valence-electron chi connectivity index (χ0n) is 52.7. The summed E-state index contributed by atoms with van der Waals surface area (Å²) >= 11 is 0. The van der Waals surface area contributed by atoms with Crippen LogP contribution in [0.5, 0.6) is 11.5 Å². The van der Waals surface area contributed by atoms with E-state index in [4.69, 9.17) is 90.1 Å². The number of benzene rings is 2. The van der Waals surface area contributed by atoms with Gasteiger partial charge in [0.25, 0.3) is 0 Å². The number of hydrogen-bond donors (Lipinski definition) is 4. The second kappa shape index (κ2) is 31.1. The van der Waals surface area contributed by atoms with Gasteiger partial charge in [-0.1, -0.05) is 64.1 Å². The minimum absolute atomic E-state index is 0.0474. The average Bonchev–Trinajstić information content (AvgIpc) is 1.59. The smallest absolute Gasteiger partial charge is 0.456 e. The van der Waals surface area contributed by atoms with E-state index in [2.05, 4.69) is 40.0 Å². The van der Waals surface area contributed by atoms with E-state index in [9.17, 15) is 37.9 Å². The Labute approximate surface area is 548 Å². The van der Waals surface area contributed by atoms with Crippen molar-refractivity contribution in [3.05, 3.63) is 132 Å². The highest BCUT2D eigenvalue weighted by Gasteiger charge is 2.69. The molecule has 4 fully saturated rings. The van der Waals surface area contributed by atoms with Gasteiger partial charge in [-0.15, -0.1) is 0 Å². The van der Waals surface area contributed by atoms with Gasteiger partial charge in [-0.3, -0.25) is 57.0 Å². The van der Waals surface area contributed by atoms with E-state index < -0.39 is 137 Å². The van der Waals surface area contributed by atoms with Gasteiger partial charge in [-0.05, 0) is 62.4 Å². The molecule has 4 aliphatic heterocycles. The molecule has 12 atom stereocenters. The number of nitrogens with two attached hydrogens (primary N) is 2. The Balaban J connectivity index is 0.000000225. The molecular formula is C60H70N12O22P2. The van der Waals surface area contributed by atoms with Crippen LogP contribution in [0.25, 0.3) is 20.7 Å². The summed E-state index contributed by atoms with van der Waals surface area (Å²) in [5.41, 5.74) is 8.92. The van der Waals surface area contributed by atoms with E-state index in [-0.39, 0.29) is 86.6 Å². The molecule has 2 aromatic carbocycles. The van der Waals surface area contributed by atoms with E-state index in [0.717, 1.165) is 0 Å². The van der Waals surface area contributed by atoms with Gasteiger partial charge in [-0.2, -0.15) is 20.4 Å². The highest BCUT2D eigenvalue weighted by atomic mass is 31.2. The van der Waals surface area contributed by atoms with Crippen LogP contribution in [0.2, 0.25) is 0 Å². The summed E-state index contributed by atoms with van der Waals surface area (Å²) < 4.78 is 111. The summed E-state index contributed by atoms with van der Waals surface area (Å²) in [6, 6.07) is 20.0. The van der Waals surface area contributed by atoms with E-state index >= 15 is 0 Å². The van der Waals surface area contributed by atoms with Crippen LogP contribution in [0.15, 0.2) is 97.6 Å². The highest BCUT2D eigenvalue weighted by Crippen LogP contribution is 2.53. The number of fused-ring (bicyclic) bond motifs is 2. The zero-order chi connectivity index (χ0) is 69.0. The number of rotatable bonds is 28. The van der Waals surface area contributed by atoms with Crippen molar-refractivity contribution in [1.29, 1.82) is 0 Å². The number of nitrogen functional groups attached to an aromatic ring is 2. The summed E-state index contributed by atoms with van der Waals surface area (Å²) in [7, 11) is -9.07. The van der Waals surface area contributed by atoms with E-state index in [0.29, 0.717) is 11.0 Å². The van der Waals surface area contributed by atoms with Crippen LogP contribution in [0.4, 0.5) is 11.6 Å². The zero-order valence-corrected chi connectivity index (χ0v) is 54.5. The second-order valence-corrected chi connectivity index (χ2v) is 25.2. The largest absolute Gasteiger partial charge is 0.459 e. The number of carbonyl (C=O) groups is 6. The molecule has 36 heteroatoms. The van der Waals surface area contributed by atoms with Gasteiger partial charge >= 0.3 is 62.8 Å². The summed E-state index contributed by atoms with van der Waals surface area (Å²) in [5.74, 6) is -3.79. The maximum Gasteiger partial charge on any atom is 0.459 e. The maximum atomic E-state index is 14.3. The van der Waals surface area contributed by atoms with Crippen LogP contribution in [0.1, 0.15) is 90.8 Å². The van der Waals surface area contributed by atoms with Crippen molar-refractivity contribution in [3.63, 3.8) is 0 Å². The lowest BCUT2D eigenvalue weighted by atomic mass is 10.0. The number of para-hydroxylation sites is 2. The monoisotopic (exact) mass is 1370 g/mol. The summed E-state index contributed by atoms with van der Waals surface area (Å²) in [5, 5.41) is 13.6. The number of aromatic nitrogens is 6. The predicted molar refractivity (Wildman–Crippen MR) is 330 cm³/mol. The average molecular weight is 1370 g/mol. The molecular weight excluding hydrogens is 1300 g/mol. The van der Waals surface area contributed by atoms with Gasteiger partial charge in [0.05, 0.1) is 37.8 Å². The molecule has 4 aromatic heterocycles. The summed E-state index contributed by atoms with van der Waals surface area (Å²) in [6.45, 7) is 24.8. The van der Waals surface area contributed by atoms with Crippen LogP contribution in [0, 0.1) is 13.1 Å². The Morgan fingerprint density at radius 1 is 0.562 bits per heavy atom. The van der Waals surface area contributed by atoms with Gasteiger partial charge in [0, 0.05) is 25.7 Å². The molecule has 8 heterocycles. The minimum atomic E-state index is -4.54. The van der Waals surface area contributed by atoms with Crippen molar-refractivity contribution < 1.29 is 103 Å². The van der Waals surface area contributed by atoms with Gasteiger partial charge in [0.15, 0.2) is 37.1 Å². The first-order chi connectivity index (χ1) is 46.0. The molecule has 0 amide bonds. The van der Waals surface area contributed by atoms with Crippen molar-refractivity contribution in [1.82, 2.24) is 39.4 Å². The summed E-state index contributed by atoms with van der Waals surface area (Å²) in [6.07, 6.45) is -7.22. The molecule has 0 radical (unpaired) electrons. The highest BCUT2D eigenvalue weighted by molar-refractivity contribution is 7.52. The fourth-order valence-electron chi connectivity index (χ4n) is 9.79. The molecule has 10 rings (SSSR count). The van der Waals surface area contributed by atoms with Crippen LogP contribution in [0.3, 0.4) is 0 Å². The summed E-state index contributed by atoms with van der Waals surface area (Å²) in [4.78, 5) is 91.7. The Morgan fingerprint density at radius 2 is 0.917 bits per heavy atom. The van der Waals surface area contributed by atoms with Gasteiger partial charge in [0.1, 0.15) is 71.7 Å². The van der Waals surface area contributed by atoms with Crippen molar-refractivity contribution in [2.24, 2.45) is 0 Å².